The molecule has 2 N–H and O–H groups in total. The van der Waals surface area contributed by atoms with Crippen molar-refractivity contribution in [2.75, 3.05) is 6.54 Å². The lowest BCUT2D eigenvalue weighted by molar-refractivity contribution is -0.148. The van der Waals surface area contributed by atoms with Gasteiger partial charge in [-0.15, -0.1) is 0 Å². The van der Waals surface area contributed by atoms with Gasteiger partial charge < -0.3 is 15.5 Å². The van der Waals surface area contributed by atoms with E-state index in [0.717, 1.165) is 32.1 Å². The lowest BCUT2D eigenvalue weighted by atomic mass is 9.79. The second-order valence-corrected chi connectivity index (χ2v) is 8.31. The number of carbonyl (C=O) groups excluding carboxylic acids is 2. The summed E-state index contributed by atoms with van der Waals surface area (Å²) in [5, 5.41) is 6.57. The van der Waals surface area contributed by atoms with Crippen molar-refractivity contribution in [2.24, 2.45) is 0 Å². The second kappa shape index (κ2) is 6.19. The van der Waals surface area contributed by atoms with Crippen LogP contribution < -0.4 is 10.6 Å². The normalized spacial score (nSPS) is 28.2. The molecule has 5 heteroatoms. The van der Waals surface area contributed by atoms with Gasteiger partial charge in [-0.25, -0.2) is 0 Å². The number of hydrogen-bond donors (Lipinski definition) is 2. The molecule has 2 saturated heterocycles. The zero-order valence-corrected chi connectivity index (χ0v) is 14.7. The first-order valence-electron chi connectivity index (χ1n) is 8.50. The van der Waals surface area contributed by atoms with E-state index in [9.17, 15) is 9.59 Å². The summed E-state index contributed by atoms with van der Waals surface area (Å²) in [4.78, 5) is 26.5. The van der Waals surface area contributed by atoms with E-state index in [2.05, 4.69) is 38.3 Å². The fourth-order valence-corrected chi connectivity index (χ4v) is 4.20. The van der Waals surface area contributed by atoms with Crippen LogP contribution in [0.5, 0.6) is 0 Å². The molecule has 0 radical (unpaired) electrons. The molecule has 0 bridgehead atoms. The van der Waals surface area contributed by atoms with Crippen molar-refractivity contribution < 1.29 is 9.59 Å². The summed E-state index contributed by atoms with van der Waals surface area (Å²) < 4.78 is 0. The predicted molar refractivity (Wildman–Crippen MR) is 87.5 cm³/mol. The molecule has 2 aliphatic heterocycles. The minimum Gasteiger partial charge on any atom is -0.345 e. The molecule has 2 amide bonds. The summed E-state index contributed by atoms with van der Waals surface area (Å²) >= 11 is 0. The molecule has 0 spiro atoms. The standard InChI is InChI=1S/C17H31N3O2/c1-12-8-6-7-9-20(12)15(22)14(21)18-13-10-16(2,3)19-17(4,5)11-13/h12-13,19H,6-11H2,1-5H3,(H,18,21). The predicted octanol–water partition coefficient (Wildman–Crippen LogP) is 1.81. The molecule has 0 saturated carbocycles. The van der Waals surface area contributed by atoms with Gasteiger partial charge in [0, 0.05) is 29.7 Å². The van der Waals surface area contributed by atoms with E-state index < -0.39 is 5.91 Å². The van der Waals surface area contributed by atoms with Gasteiger partial charge in [0.05, 0.1) is 0 Å². The van der Waals surface area contributed by atoms with Crippen LogP contribution in [0.2, 0.25) is 0 Å². The Morgan fingerprint density at radius 1 is 1.09 bits per heavy atom. The molecule has 0 aromatic carbocycles. The monoisotopic (exact) mass is 309 g/mol. The Labute approximate surface area is 134 Å². The lowest BCUT2D eigenvalue weighted by Gasteiger charge is -2.46. The summed E-state index contributed by atoms with van der Waals surface area (Å²) in [6.07, 6.45) is 4.81. The van der Waals surface area contributed by atoms with Crippen molar-refractivity contribution in [3.63, 3.8) is 0 Å². The molecule has 2 aliphatic rings. The molecule has 0 aromatic rings. The Kier molecular flexibility index (Phi) is 4.85. The van der Waals surface area contributed by atoms with Gasteiger partial charge in [-0.3, -0.25) is 9.59 Å². The first-order valence-corrected chi connectivity index (χ1v) is 8.50. The first-order chi connectivity index (χ1) is 10.1. The van der Waals surface area contributed by atoms with Crippen LogP contribution in [0.1, 0.15) is 66.7 Å². The van der Waals surface area contributed by atoms with E-state index in [1.165, 1.54) is 0 Å². The lowest BCUT2D eigenvalue weighted by Crippen LogP contribution is -2.63. The maximum atomic E-state index is 12.4. The van der Waals surface area contributed by atoms with Gasteiger partial charge in [0.1, 0.15) is 0 Å². The molecule has 0 aliphatic carbocycles. The van der Waals surface area contributed by atoms with Crippen molar-refractivity contribution in [2.45, 2.75) is 89.9 Å². The third-order valence-corrected chi connectivity index (χ3v) is 4.78. The molecule has 1 unspecified atom stereocenters. The number of likely N-dealkylation sites (tertiary alicyclic amines) is 1. The van der Waals surface area contributed by atoms with Crippen molar-refractivity contribution in [3.8, 4) is 0 Å². The number of hydrogen-bond acceptors (Lipinski definition) is 3. The topological polar surface area (TPSA) is 61.4 Å². The van der Waals surface area contributed by atoms with Crippen LogP contribution in [0.4, 0.5) is 0 Å². The Balaban J connectivity index is 1.97. The van der Waals surface area contributed by atoms with E-state index in [1.54, 1.807) is 4.90 Å². The average Bonchev–Trinajstić information content (AvgIpc) is 2.34. The fourth-order valence-electron chi connectivity index (χ4n) is 4.20. The Morgan fingerprint density at radius 3 is 2.23 bits per heavy atom. The van der Waals surface area contributed by atoms with Gasteiger partial charge >= 0.3 is 11.8 Å². The van der Waals surface area contributed by atoms with Crippen LogP contribution in [-0.4, -0.2) is 46.4 Å². The summed E-state index contributed by atoms with van der Waals surface area (Å²) in [5.41, 5.74) is -0.0810. The van der Waals surface area contributed by atoms with E-state index in [-0.39, 0.29) is 29.1 Å². The highest BCUT2D eigenvalue weighted by Crippen LogP contribution is 2.28. The molecule has 22 heavy (non-hydrogen) atoms. The number of rotatable bonds is 1. The van der Waals surface area contributed by atoms with Crippen LogP contribution in [0.15, 0.2) is 0 Å². The molecule has 1 atom stereocenters. The smallest absolute Gasteiger partial charge is 0.312 e. The molecule has 2 heterocycles. The van der Waals surface area contributed by atoms with E-state index >= 15 is 0 Å². The number of piperidine rings is 2. The second-order valence-electron chi connectivity index (χ2n) is 8.31. The zero-order valence-electron chi connectivity index (χ0n) is 14.7. The summed E-state index contributed by atoms with van der Waals surface area (Å²) in [5.74, 6) is -0.798. The van der Waals surface area contributed by atoms with Crippen LogP contribution >= 0.6 is 0 Å². The maximum Gasteiger partial charge on any atom is 0.312 e. The van der Waals surface area contributed by atoms with Gasteiger partial charge in [0.25, 0.3) is 0 Å². The molecule has 0 aromatic heterocycles. The average molecular weight is 309 g/mol. The summed E-state index contributed by atoms with van der Waals surface area (Å²) in [6, 6.07) is 0.218. The van der Waals surface area contributed by atoms with Crippen molar-refractivity contribution in [1.29, 1.82) is 0 Å². The van der Waals surface area contributed by atoms with Gasteiger partial charge in [0.2, 0.25) is 0 Å². The third-order valence-electron chi connectivity index (χ3n) is 4.78. The molecule has 126 valence electrons. The highest BCUT2D eigenvalue weighted by molar-refractivity contribution is 6.35. The van der Waals surface area contributed by atoms with Gasteiger partial charge in [-0.1, -0.05) is 0 Å². The van der Waals surface area contributed by atoms with Gasteiger partial charge in [-0.05, 0) is 66.7 Å². The Hall–Kier alpha value is -1.10. The van der Waals surface area contributed by atoms with E-state index in [0.29, 0.717) is 6.54 Å². The van der Waals surface area contributed by atoms with Crippen molar-refractivity contribution in [1.82, 2.24) is 15.5 Å². The minimum atomic E-state index is -0.438. The number of nitrogens with zero attached hydrogens (tertiary/aromatic N) is 1. The summed E-state index contributed by atoms with van der Waals surface area (Å²) in [6.45, 7) is 11.3. The van der Waals surface area contributed by atoms with Crippen LogP contribution in [0.3, 0.4) is 0 Å². The third kappa shape index (κ3) is 4.22. The highest BCUT2D eigenvalue weighted by Gasteiger charge is 2.39. The van der Waals surface area contributed by atoms with Crippen molar-refractivity contribution >= 4 is 11.8 Å². The Bertz CT molecular complexity index is 429. The summed E-state index contributed by atoms with van der Waals surface area (Å²) in [7, 11) is 0. The van der Waals surface area contributed by atoms with Crippen LogP contribution in [0, 0.1) is 0 Å². The first kappa shape index (κ1) is 17.3. The quantitative estimate of drug-likeness (QED) is 0.726. The fraction of sp³-hybridized carbons (Fsp3) is 0.882. The molecule has 5 nitrogen and oxygen atoms in total. The minimum absolute atomic E-state index is 0.0405. The Morgan fingerprint density at radius 2 is 1.68 bits per heavy atom. The molecule has 2 rings (SSSR count). The van der Waals surface area contributed by atoms with Crippen LogP contribution in [0.25, 0.3) is 0 Å². The largest absolute Gasteiger partial charge is 0.345 e. The van der Waals surface area contributed by atoms with E-state index in [1.807, 2.05) is 6.92 Å². The zero-order chi connectivity index (χ0) is 16.5. The SMILES string of the molecule is CC1CCCCN1C(=O)C(=O)NC1CC(C)(C)NC(C)(C)C1. The number of carbonyl (C=O) groups is 2. The van der Waals surface area contributed by atoms with Gasteiger partial charge in [0.15, 0.2) is 0 Å². The van der Waals surface area contributed by atoms with E-state index in [4.69, 9.17) is 0 Å². The molecule has 2 fully saturated rings. The van der Waals surface area contributed by atoms with Crippen molar-refractivity contribution in [3.05, 3.63) is 0 Å². The molecular formula is C17H31N3O2. The number of amides is 2. The van der Waals surface area contributed by atoms with Crippen LogP contribution in [-0.2, 0) is 9.59 Å². The number of nitrogens with one attached hydrogen (secondary N) is 2. The highest BCUT2D eigenvalue weighted by atomic mass is 16.2. The van der Waals surface area contributed by atoms with Gasteiger partial charge in [-0.2, -0.15) is 0 Å². The maximum absolute atomic E-state index is 12.4. The molecular weight excluding hydrogens is 278 g/mol.